The van der Waals surface area contributed by atoms with Crippen LogP contribution in [0.1, 0.15) is 12.8 Å². The highest BCUT2D eigenvalue weighted by Crippen LogP contribution is 2.34. The van der Waals surface area contributed by atoms with Crippen LogP contribution in [0.25, 0.3) is 0 Å². The van der Waals surface area contributed by atoms with Crippen molar-refractivity contribution >= 4 is 11.6 Å². The van der Waals surface area contributed by atoms with E-state index >= 15 is 0 Å². The number of nitrogens with one attached hydrogen (secondary N) is 1. The summed E-state index contributed by atoms with van der Waals surface area (Å²) in [5.74, 6) is 1.78. The number of amides is 1. The Morgan fingerprint density at radius 2 is 1.94 bits per heavy atom. The van der Waals surface area contributed by atoms with Gasteiger partial charge in [-0.15, -0.1) is 0 Å². The Bertz CT molecular complexity index is 426. The standard InChI is InChI=1S/C12H13NO3/c14-12(8-1-2-8)13-9-3-4-10-11(7-9)16-6-5-15-10/h3-4,7-8H,1-2,5-6H2,(H,13,14). The average Bonchev–Trinajstić information content (AvgIpc) is 3.12. The summed E-state index contributed by atoms with van der Waals surface area (Å²) in [5, 5.41) is 2.88. The first kappa shape index (κ1) is 9.51. The van der Waals surface area contributed by atoms with Crippen LogP contribution in [0.5, 0.6) is 11.5 Å². The maximum Gasteiger partial charge on any atom is 0.227 e. The summed E-state index contributed by atoms with van der Waals surface area (Å²) in [6.45, 7) is 1.15. The molecular weight excluding hydrogens is 206 g/mol. The fraction of sp³-hybridized carbons (Fsp3) is 0.417. The minimum atomic E-state index is 0.108. The summed E-state index contributed by atoms with van der Waals surface area (Å²) in [5.41, 5.74) is 0.779. The van der Waals surface area contributed by atoms with Crippen molar-refractivity contribution in [2.45, 2.75) is 12.8 Å². The summed E-state index contributed by atoms with van der Waals surface area (Å²) >= 11 is 0. The summed E-state index contributed by atoms with van der Waals surface area (Å²) in [6, 6.07) is 5.49. The van der Waals surface area contributed by atoms with Gasteiger partial charge in [-0.1, -0.05) is 0 Å². The zero-order valence-corrected chi connectivity index (χ0v) is 8.86. The fourth-order valence-electron chi connectivity index (χ4n) is 1.71. The number of carbonyl (C=O) groups is 1. The number of fused-ring (bicyclic) bond motifs is 1. The van der Waals surface area contributed by atoms with E-state index in [9.17, 15) is 4.79 Å². The summed E-state index contributed by atoms with van der Waals surface area (Å²) in [6.07, 6.45) is 2.02. The number of rotatable bonds is 2. The van der Waals surface area contributed by atoms with E-state index in [0.717, 1.165) is 24.3 Å². The van der Waals surface area contributed by atoms with Crippen LogP contribution in [0.2, 0.25) is 0 Å². The van der Waals surface area contributed by atoms with Crippen LogP contribution in [0, 0.1) is 5.92 Å². The highest BCUT2D eigenvalue weighted by Gasteiger charge is 2.29. The number of benzene rings is 1. The Balaban J connectivity index is 1.77. The molecule has 4 heteroatoms. The van der Waals surface area contributed by atoms with E-state index in [1.54, 1.807) is 0 Å². The highest BCUT2D eigenvalue weighted by molar-refractivity contribution is 5.94. The first-order chi connectivity index (χ1) is 7.83. The quantitative estimate of drug-likeness (QED) is 0.825. The van der Waals surface area contributed by atoms with Crippen LogP contribution < -0.4 is 14.8 Å². The second kappa shape index (κ2) is 3.70. The van der Waals surface area contributed by atoms with Crippen molar-refractivity contribution in [3.05, 3.63) is 18.2 Å². The van der Waals surface area contributed by atoms with Gasteiger partial charge in [0, 0.05) is 17.7 Å². The molecule has 0 aromatic heterocycles. The Labute approximate surface area is 93.5 Å². The third kappa shape index (κ3) is 1.83. The normalized spacial score (nSPS) is 18.0. The van der Waals surface area contributed by atoms with Crippen molar-refractivity contribution < 1.29 is 14.3 Å². The maximum atomic E-state index is 11.6. The van der Waals surface area contributed by atoms with E-state index in [1.807, 2.05) is 18.2 Å². The van der Waals surface area contributed by atoms with Crippen LogP contribution in [0.15, 0.2) is 18.2 Å². The third-order valence-electron chi connectivity index (χ3n) is 2.76. The van der Waals surface area contributed by atoms with Crippen molar-refractivity contribution in [2.24, 2.45) is 5.92 Å². The van der Waals surface area contributed by atoms with E-state index in [0.29, 0.717) is 19.0 Å². The van der Waals surface area contributed by atoms with Crippen LogP contribution in [0.4, 0.5) is 5.69 Å². The maximum absolute atomic E-state index is 11.6. The Kier molecular flexibility index (Phi) is 2.20. The third-order valence-corrected chi connectivity index (χ3v) is 2.76. The molecule has 16 heavy (non-hydrogen) atoms. The van der Waals surface area contributed by atoms with Gasteiger partial charge < -0.3 is 14.8 Å². The largest absolute Gasteiger partial charge is 0.486 e. The van der Waals surface area contributed by atoms with E-state index < -0.39 is 0 Å². The van der Waals surface area contributed by atoms with Crippen molar-refractivity contribution in [1.29, 1.82) is 0 Å². The molecule has 4 nitrogen and oxygen atoms in total. The molecular formula is C12H13NO3. The monoisotopic (exact) mass is 219 g/mol. The van der Waals surface area contributed by atoms with Crippen molar-refractivity contribution in [3.63, 3.8) is 0 Å². The predicted molar refractivity (Wildman–Crippen MR) is 58.8 cm³/mol. The average molecular weight is 219 g/mol. The van der Waals surface area contributed by atoms with Gasteiger partial charge in [0.15, 0.2) is 11.5 Å². The summed E-state index contributed by atoms with van der Waals surface area (Å²) in [7, 11) is 0. The van der Waals surface area contributed by atoms with Gasteiger partial charge in [-0.25, -0.2) is 0 Å². The molecule has 1 fully saturated rings. The minimum Gasteiger partial charge on any atom is -0.486 e. The molecule has 0 bridgehead atoms. The van der Waals surface area contributed by atoms with E-state index in [4.69, 9.17) is 9.47 Å². The van der Waals surface area contributed by atoms with Gasteiger partial charge in [0.2, 0.25) is 5.91 Å². The molecule has 0 radical (unpaired) electrons. The molecule has 3 rings (SSSR count). The van der Waals surface area contributed by atoms with Crippen LogP contribution in [-0.4, -0.2) is 19.1 Å². The van der Waals surface area contributed by atoms with Gasteiger partial charge in [0.25, 0.3) is 0 Å². The van der Waals surface area contributed by atoms with Crippen LogP contribution in [-0.2, 0) is 4.79 Å². The van der Waals surface area contributed by atoms with Crippen molar-refractivity contribution in [2.75, 3.05) is 18.5 Å². The van der Waals surface area contributed by atoms with Crippen LogP contribution >= 0.6 is 0 Å². The van der Waals surface area contributed by atoms with Gasteiger partial charge in [-0.2, -0.15) is 0 Å². The first-order valence-corrected chi connectivity index (χ1v) is 5.53. The summed E-state index contributed by atoms with van der Waals surface area (Å²) < 4.78 is 10.9. The molecule has 1 heterocycles. The van der Waals surface area contributed by atoms with Gasteiger partial charge >= 0.3 is 0 Å². The molecule has 1 aliphatic carbocycles. The molecule has 84 valence electrons. The van der Waals surface area contributed by atoms with Crippen molar-refractivity contribution in [1.82, 2.24) is 0 Å². The predicted octanol–water partition coefficient (Wildman–Crippen LogP) is 1.81. The van der Waals surface area contributed by atoms with Crippen molar-refractivity contribution in [3.8, 4) is 11.5 Å². The Morgan fingerprint density at radius 3 is 2.69 bits per heavy atom. The summed E-state index contributed by atoms with van der Waals surface area (Å²) in [4.78, 5) is 11.6. The van der Waals surface area contributed by atoms with E-state index in [-0.39, 0.29) is 11.8 Å². The first-order valence-electron chi connectivity index (χ1n) is 5.53. The number of hydrogen-bond donors (Lipinski definition) is 1. The molecule has 1 N–H and O–H groups in total. The smallest absolute Gasteiger partial charge is 0.227 e. The molecule has 1 aromatic rings. The molecule has 2 aliphatic rings. The number of ether oxygens (including phenoxy) is 2. The molecule has 1 aliphatic heterocycles. The molecule has 0 spiro atoms. The second-order valence-electron chi connectivity index (χ2n) is 4.12. The lowest BCUT2D eigenvalue weighted by Crippen LogP contribution is -2.17. The lowest BCUT2D eigenvalue weighted by molar-refractivity contribution is -0.117. The fourth-order valence-corrected chi connectivity index (χ4v) is 1.71. The molecule has 0 unspecified atom stereocenters. The number of hydrogen-bond acceptors (Lipinski definition) is 3. The number of carbonyl (C=O) groups excluding carboxylic acids is 1. The zero-order valence-electron chi connectivity index (χ0n) is 8.86. The second-order valence-corrected chi connectivity index (χ2v) is 4.12. The Hall–Kier alpha value is -1.71. The molecule has 0 atom stereocenters. The lowest BCUT2D eigenvalue weighted by Gasteiger charge is -2.18. The highest BCUT2D eigenvalue weighted by atomic mass is 16.6. The van der Waals surface area contributed by atoms with E-state index in [2.05, 4.69) is 5.32 Å². The van der Waals surface area contributed by atoms with Gasteiger partial charge in [0.1, 0.15) is 13.2 Å². The van der Waals surface area contributed by atoms with Gasteiger partial charge in [-0.3, -0.25) is 4.79 Å². The van der Waals surface area contributed by atoms with E-state index in [1.165, 1.54) is 0 Å². The topological polar surface area (TPSA) is 47.6 Å². The minimum absolute atomic E-state index is 0.108. The number of anilines is 1. The SMILES string of the molecule is O=C(Nc1ccc2c(c1)OCCO2)C1CC1. The van der Waals surface area contributed by atoms with Crippen LogP contribution in [0.3, 0.4) is 0 Å². The lowest BCUT2D eigenvalue weighted by atomic mass is 10.2. The zero-order chi connectivity index (χ0) is 11.0. The van der Waals surface area contributed by atoms with Gasteiger partial charge in [-0.05, 0) is 25.0 Å². The molecule has 1 amide bonds. The van der Waals surface area contributed by atoms with Gasteiger partial charge in [0.05, 0.1) is 0 Å². The Morgan fingerprint density at radius 1 is 1.19 bits per heavy atom. The molecule has 1 aromatic carbocycles. The molecule has 0 saturated heterocycles. The molecule has 1 saturated carbocycles.